The van der Waals surface area contributed by atoms with Crippen molar-refractivity contribution in [3.8, 4) is 5.75 Å². The highest BCUT2D eigenvalue weighted by atomic mass is 16.5. The Morgan fingerprint density at radius 3 is 2.15 bits per heavy atom. The van der Waals surface area contributed by atoms with Gasteiger partial charge in [-0.3, -0.25) is 11.3 Å². The monoisotopic (exact) mass is 280 g/mol. The Bertz CT molecular complexity index is 384. The van der Waals surface area contributed by atoms with Gasteiger partial charge in [0.2, 0.25) is 0 Å². The van der Waals surface area contributed by atoms with E-state index in [9.17, 15) is 0 Å². The maximum atomic E-state index is 5.71. The van der Waals surface area contributed by atoms with Crippen LogP contribution in [-0.4, -0.2) is 26.4 Å². The van der Waals surface area contributed by atoms with Gasteiger partial charge < -0.3 is 9.47 Å². The van der Waals surface area contributed by atoms with Crippen molar-refractivity contribution in [1.29, 1.82) is 0 Å². The molecule has 0 bridgehead atoms. The lowest BCUT2D eigenvalue weighted by Crippen LogP contribution is -2.50. The van der Waals surface area contributed by atoms with Gasteiger partial charge in [-0.15, -0.1) is 0 Å². The highest BCUT2D eigenvalue weighted by Gasteiger charge is 2.31. The Kier molecular flexibility index (Phi) is 6.46. The lowest BCUT2D eigenvalue weighted by molar-refractivity contribution is -0.0131. The van der Waals surface area contributed by atoms with E-state index in [-0.39, 0.29) is 17.6 Å². The summed E-state index contributed by atoms with van der Waals surface area (Å²) in [7, 11) is 3.42. The predicted octanol–water partition coefficient (Wildman–Crippen LogP) is 2.52. The summed E-state index contributed by atoms with van der Waals surface area (Å²) in [5.41, 5.74) is 4.22. The lowest BCUT2D eigenvalue weighted by Gasteiger charge is -2.35. The molecule has 4 heteroatoms. The number of hydrogen-bond acceptors (Lipinski definition) is 4. The fourth-order valence-corrected chi connectivity index (χ4v) is 2.56. The fraction of sp³-hybridized carbons (Fsp3) is 0.625. The molecule has 0 saturated heterocycles. The van der Waals surface area contributed by atoms with Gasteiger partial charge in [-0.25, -0.2) is 0 Å². The van der Waals surface area contributed by atoms with E-state index in [1.54, 1.807) is 14.2 Å². The van der Waals surface area contributed by atoms with Gasteiger partial charge in [-0.2, -0.15) is 0 Å². The number of nitrogens with two attached hydrogens (primary N) is 1. The van der Waals surface area contributed by atoms with Crippen LogP contribution in [0.2, 0.25) is 0 Å². The van der Waals surface area contributed by atoms with E-state index in [4.69, 9.17) is 15.3 Å². The number of aryl methyl sites for hydroxylation is 1. The number of methoxy groups -OCH3 is 2. The quantitative estimate of drug-likeness (QED) is 0.595. The van der Waals surface area contributed by atoms with Crippen LogP contribution in [0.5, 0.6) is 5.75 Å². The van der Waals surface area contributed by atoms with E-state index in [1.165, 1.54) is 5.56 Å². The van der Waals surface area contributed by atoms with Crippen molar-refractivity contribution >= 4 is 0 Å². The van der Waals surface area contributed by atoms with Gasteiger partial charge in [0.1, 0.15) is 5.75 Å². The molecular weight excluding hydrogens is 252 g/mol. The van der Waals surface area contributed by atoms with Crippen LogP contribution in [0.25, 0.3) is 0 Å². The van der Waals surface area contributed by atoms with Crippen molar-refractivity contribution in [3.05, 3.63) is 29.8 Å². The van der Waals surface area contributed by atoms with Crippen LogP contribution in [0, 0.1) is 5.41 Å². The molecular formula is C16H28N2O2. The first kappa shape index (κ1) is 17.0. The van der Waals surface area contributed by atoms with Crippen molar-refractivity contribution in [2.75, 3.05) is 14.2 Å². The molecule has 20 heavy (non-hydrogen) atoms. The van der Waals surface area contributed by atoms with E-state index >= 15 is 0 Å². The fourth-order valence-electron chi connectivity index (χ4n) is 2.56. The molecule has 0 radical (unpaired) electrons. The molecule has 4 nitrogen and oxygen atoms in total. The highest BCUT2D eigenvalue weighted by molar-refractivity contribution is 5.27. The van der Waals surface area contributed by atoms with Gasteiger partial charge in [0.15, 0.2) is 0 Å². The van der Waals surface area contributed by atoms with Crippen LogP contribution < -0.4 is 16.0 Å². The smallest absolute Gasteiger partial charge is 0.118 e. The third-order valence-corrected chi connectivity index (χ3v) is 3.59. The second kappa shape index (κ2) is 7.62. The summed E-state index contributed by atoms with van der Waals surface area (Å²) >= 11 is 0. The maximum absolute atomic E-state index is 5.71. The SMILES string of the molecule is COc1ccc(CCC(NN)C(OC)C(C)(C)C)cc1. The van der Waals surface area contributed by atoms with E-state index in [1.807, 2.05) is 12.1 Å². The molecule has 1 aromatic rings. The number of hydrazine groups is 1. The Hall–Kier alpha value is -1.10. The largest absolute Gasteiger partial charge is 0.497 e. The van der Waals surface area contributed by atoms with Crippen LogP contribution in [0.3, 0.4) is 0 Å². The molecule has 0 spiro atoms. The standard InChI is InChI=1S/C16H28N2O2/c1-16(2,3)15(20-5)14(18-17)11-8-12-6-9-13(19-4)10-7-12/h6-7,9-10,14-15,18H,8,11,17H2,1-5H3. The molecule has 1 rings (SSSR count). The molecule has 3 N–H and O–H groups in total. The number of ether oxygens (including phenoxy) is 2. The van der Waals surface area contributed by atoms with Gasteiger partial charge >= 0.3 is 0 Å². The third-order valence-electron chi connectivity index (χ3n) is 3.59. The number of rotatable bonds is 7. The van der Waals surface area contributed by atoms with Gasteiger partial charge in [0.25, 0.3) is 0 Å². The number of hydrogen-bond donors (Lipinski definition) is 2. The molecule has 0 amide bonds. The zero-order valence-electron chi connectivity index (χ0n) is 13.3. The summed E-state index contributed by atoms with van der Waals surface area (Å²) in [6.07, 6.45) is 1.96. The lowest BCUT2D eigenvalue weighted by atomic mass is 9.83. The minimum absolute atomic E-state index is 0.0473. The number of nitrogens with one attached hydrogen (secondary N) is 1. The summed E-state index contributed by atoms with van der Waals surface area (Å²) in [6, 6.07) is 8.27. The zero-order chi connectivity index (χ0) is 15.2. The summed E-state index contributed by atoms with van der Waals surface area (Å²) in [4.78, 5) is 0. The van der Waals surface area contributed by atoms with Gasteiger partial charge in [0, 0.05) is 13.2 Å². The summed E-state index contributed by atoms with van der Waals surface area (Å²) in [5, 5.41) is 0. The number of benzene rings is 1. The van der Waals surface area contributed by atoms with Crippen LogP contribution in [-0.2, 0) is 11.2 Å². The van der Waals surface area contributed by atoms with Crippen molar-refractivity contribution in [1.82, 2.24) is 5.43 Å². The van der Waals surface area contributed by atoms with Gasteiger partial charge in [0.05, 0.1) is 13.2 Å². The van der Waals surface area contributed by atoms with E-state index in [0.29, 0.717) is 0 Å². The van der Waals surface area contributed by atoms with Crippen LogP contribution in [0.4, 0.5) is 0 Å². The van der Waals surface area contributed by atoms with Crippen molar-refractivity contribution < 1.29 is 9.47 Å². The molecule has 0 fully saturated rings. The Morgan fingerprint density at radius 1 is 1.15 bits per heavy atom. The first-order chi connectivity index (χ1) is 9.42. The summed E-state index contributed by atoms with van der Waals surface area (Å²) in [5.74, 6) is 6.59. The minimum Gasteiger partial charge on any atom is -0.497 e. The average Bonchev–Trinajstić information content (AvgIpc) is 2.42. The Balaban J connectivity index is 2.64. The molecule has 0 aliphatic heterocycles. The normalized spacial score (nSPS) is 14.9. The van der Waals surface area contributed by atoms with Crippen LogP contribution in [0.15, 0.2) is 24.3 Å². The second-order valence-corrected chi connectivity index (χ2v) is 6.18. The Labute approximate surface area is 122 Å². The molecule has 2 unspecified atom stereocenters. The van der Waals surface area contributed by atoms with E-state index in [2.05, 4.69) is 38.3 Å². The first-order valence-corrected chi connectivity index (χ1v) is 7.04. The minimum atomic E-state index is 0.0473. The maximum Gasteiger partial charge on any atom is 0.118 e. The van der Waals surface area contributed by atoms with E-state index < -0.39 is 0 Å². The van der Waals surface area contributed by atoms with Gasteiger partial charge in [-0.05, 0) is 36.0 Å². The molecule has 2 atom stereocenters. The van der Waals surface area contributed by atoms with Crippen LogP contribution >= 0.6 is 0 Å². The zero-order valence-corrected chi connectivity index (χ0v) is 13.3. The molecule has 0 saturated carbocycles. The second-order valence-electron chi connectivity index (χ2n) is 6.18. The van der Waals surface area contributed by atoms with Gasteiger partial charge in [-0.1, -0.05) is 32.9 Å². The predicted molar refractivity (Wildman–Crippen MR) is 82.7 cm³/mol. The van der Waals surface area contributed by atoms with Crippen LogP contribution in [0.1, 0.15) is 32.8 Å². The van der Waals surface area contributed by atoms with E-state index in [0.717, 1.165) is 18.6 Å². The van der Waals surface area contributed by atoms with Crippen molar-refractivity contribution in [3.63, 3.8) is 0 Å². The van der Waals surface area contributed by atoms with Crippen molar-refractivity contribution in [2.45, 2.75) is 45.8 Å². The first-order valence-electron chi connectivity index (χ1n) is 7.04. The molecule has 0 heterocycles. The third kappa shape index (κ3) is 4.78. The van der Waals surface area contributed by atoms with Crippen molar-refractivity contribution in [2.24, 2.45) is 11.3 Å². The highest BCUT2D eigenvalue weighted by Crippen LogP contribution is 2.26. The Morgan fingerprint density at radius 2 is 1.75 bits per heavy atom. The summed E-state index contributed by atoms with van der Waals surface area (Å²) < 4.78 is 10.8. The molecule has 0 aliphatic carbocycles. The molecule has 1 aromatic carbocycles. The summed E-state index contributed by atoms with van der Waals surface area (Å²) in [6.45, 7) is 6.50. The molecule has 0 aliphatic rings. The average molecular weight is 280 g/mol. The molecule has 0 aromatic heterocycles. The topological polar surface area (TPSA) is 56.5 Å². The molecule has 114 valence electrons.